The first-order chi connectivity index (χ1) is 13.8. The number of methoxy groups -OCH3 is 1. The molecular weight excluding hydrogens is 411 g/mol. The number of anilines is 1. The summed E-state index contributed by atoms with van der Waals surface area (Å²) in [5, 5.41) is 17.1. The van der Waals surface area contributed by atoms with Crippen LogP contribution in [0.3, 0.4) is 0 Å². The van der Waals surface area contributed by atoms with Crippen molar-refractivity contribution in [3.05, 3.63) is 67.9 Å². The van der Waals surface area contributed by atoms with Crippen LogP contribution in [0.15, 0.2) is 45.6 Å². The Balaban J connectivity index is 1.78. The first-order valence-corrected chi connectivity index (χ1v) is 8.32. The molecule has 1 aromatic heterocycles. The molecule has 1 N–H and O–H groups in total. The molecule has 0 saturated heterocycles. The van der Waals surface area contributed by atoms with Gasteiger partial charge in [0.1, 0.15) is 6.54 Å². The smallest absolute Gasteiger partial charge is 0.437 e. The van der Waals surface area contributed by atoms with Crippen molar-refractivity contribution in [3.63, 3.8) is 0 Å². The van der Waals surface area contributed by atoms with E-state index in [1.807, 2.05) is 0 Å². The van der Waals surface area contributed by atoms with Gasteiger partial charge in [-0.2, -0.15) is 4.68 Å². The van der Waals surface area contributed by atoms with Crippen LogP contribution in [0.5, 0.6) is 5.75 Å². The summed E-state index contributed by atoms with van der Waals surface area (Å²) in [4.78, 5) is 34.3. The number of amides is 1. The van der Waals surface area contributed by atoms with Gasteiger partial charge in [-0.15, -0.1) is 5.10 Å². The second kappa shape index (κ2) is 8.10. The predicted octanol–water partition coefficient (Wildman–Crippen LogP) is 2.85. The first-order valence-electron chi connectivity index (χ1n) is 7.94. The quantitative estimate of drug-likeness (QED) is 0.477. The van der Waals surface area contributed by atoms with Crippen LogP contribution in [-0.4, -0.2) is 27.7 Å². The molecule has 0 bridgehead atoms. The van der Waals surface area contributed by atoms with Crippen molar-refractivity contribution in [1.29, 1.82) is 0 Å². The highest BCUT2D eigenvalue weighted by molar-refractivity contribution is 6.33. The molecule has 1 amide bonds. The number of carbonyl (C=O) groups is 1. The lowest BCUT2D eigenvalue weighted by molar-refractivity contribution is -0.384. The Hall–Kier alpha value is -3.73. The van der Waals surface area contributed by atoms with Crippen molar-refractivity contribution < 1.29 is 23.3 Å². The number of nitro groups is 1. The summed E-state index contributed by atoms with van der Waals surface area (Å²) in [6.45, 7) is -0.493. The molecule has 0 aliphatic heterocycles. The van der Waals surface area contributed by atoms with Gasteiger partial charge in [-0.1, -0.05) is 11.6 Å². The topological polar surface area (TPSA) is 130 Å². The van der Waals surface area contributed by atoms with Gasteiger partial charge in [0.25, 0.3) is 11.6 Å². The van der Waals surface area contributed by atoms with E-state index in [0.717, 1.165) is 16.8 Å². The summed E-state index contributed by atoms with van der Waals surface area (Å²) >= 11 is 5.99. The van der Waals surface area contributed by atoms with E-state index >= 15 is 0 Å². The number of nitrogens with one attached hydrogen (secondary N) is 1. The number of aromatic nitrogens is 2. The molecule has 12 heteroatoms. The van der Waals surface area contributed by atoms with Crippen LogP contribution < -0.4 is 15.8 Å². The molecule has 0 fully saturated rings. The predicted molar refractivity (Wildman–Crippen MR) is 99.4 cm³/mol. The minimum absolute atomic E-state index is 0.0459. The lowest BCUT2D eigenvalue weighted by atomic mass is 10.2. The second-order valence-electron chi connectivity index (χ2n) is 5.65. The zero-order valence-corrected chi connectivity index (χ0v) is 15.5. The summed E-state index contributed by atoms with van der Waals surface area (Å²) in [6, 6.07) is 7.26. The molecule has 0 saturated carbocycles. The third kappa shape index (κ3) is 4.41. The van der Waals surface area contributed by atoms with Crippen LogP contribution >= 0.6 is 11.6 Å². The number of ether oxygens (including phenoxy) is 1. The van der Waals surface area contributed by atoms with E-state index in [-0.39, 0.29) is 33.6 Å². The normalized spacial score (nSPS) is 10.6. The summed E-state index contributed by atoms with van der Waals surface area (Å²) in [5.41, 5.74) is 0.162. The number of rotatable bonds is 6. The van der Waals surface area contributed by atoms with Crippen LogP contribution in [0.4, 0.5) is 15.8 Å². The van der Waals surface area contributed by atoms with Gasteiger partial charge in [-0.25, -0.2) is 9.18 Å². The number of carbonyl (C=O) groups excluding carboxylic acids is 1. The molecule has 0 unspecified atom stereocenters. The summed E-state index contributed by atoms with van der Waals surface area (Å²) in [6.07, 6.45) is 0. The van der Waals surface area contributed by atoms with Crippen LogP contribution in [-0.2, 0) is 11.3 Å². The molecule has 150 valence electrons. The molecular formula is C17H12ClFN4O6. The maximum absolute atomic E-state index is 13.4. The van der Waals surface area contributed by atoms with E-state index in [9.17, 15) is 24.1 Å². The van der Waals surface area contributed by atoms with E-state index in [1.165, 1.54) is 31.4 Å². The third-order valence-corrected chi connectivity index (χ3v) is 4.04. The van der Waals surface area contributed by atoms with E-state index in [1.54, 1.807) is 0 Å². The number of hydrogen-bond donors (Lipinski definition) is 1. The molecule has 0 atom stereocenters. The fraction of sp³-hybridized carbons (Fsp3) is 0.118. The molecule has 2 aromatic carbocycles. The van der Waals surface area contributed by atoms with Gasteiger partial charge >= 0.3 is 5.76 Å². The molecule has 3 aromatic rings. The van der Waals surface area contributed by atoms with Gasteiger partial charge in [0, 0.05) is 23.9 Å². The highest BCUT2D eigenvalue weighted by Gasteiger charge is 2.18. The SMILES string of the molecule is COc1cc(NC(=O)Cn2nc(-c3ccc([N+](=O)[O-])cc3Cl)oc2=O)ccc1F. The van der Waals surface area contributed by atoms with Crippen molar-refractivity contribution in [2.45, 2.75) is 6.54 Å². The van der Waals surface area contributed by atoms with Crippen molar-refractivity contribution in [3.8, 4) is 17.2 Å². The standard InChI is InChI=1S/C17H12ClFN4O6/c1-28-14-6-9(2-5-13(14)19)20-15(24)8-22-17(25)29-16(21-22)11-4-3-10(23(26)27)7-12(11)18/h2-7H,8H2,1H3,(H,20,24). The van der Waals surface area contributed by atoms with Gasteiger partial charge in [0.15, 0.2) is 11.6 Å². The fourth-order valence-electron chi connectivity index (χ4n) is 2.38. The Kier molecular flexibility index (Phi) is 5.59. The Bertz CT molecular complexity index is 1160. The van der Waals surface area contributed by atoms with Gasteiger partial charge in [-0.05, 0) is 18.2 Å². The molecule has 0 radical (unpaired) electrons. The maximum atomic E-state index is 13.4. The number of nitro benzene ring substituents is 1. The minimum Gasteiger partial charge on any atom is -0.494 e. The number of hydrogen-bond acceptors (Lipinski definition) is 7. The zero-order chi connectivity index (χ0) is 21.1. The highest BCUT2D eigenvalue weighted by atomic mass is 35.5. The first kappa shape index (κ1) is 20.0. The monoisotopic (exact) mass is 422 g/mol. The Morgan fingerprint density at radius 1 is 1.38 bits per heavy atom. The molecule has 3 rings (SSSR count). The Morgan fingerprint density at radius 2 is 2.14 bits per heavy atom. The number of benzene rings is 2. The molecule has 0 aliphatic carbocycles. The number of nitrogens with zero attached hydrogens (tertiary/aromatic N) is 3. The van der Waals surface area contributed by atoms with E-state index in [4.69, 9.17) is 20.8 Å². The van der Waals surface area contributed by atoms with Gasteiger partial charge in [-0.3, -0.25) is 14.9 Å². The Labute approximate surface area is 166 Å². The summed E-state index contributed by atoms with van der Waals surface area (Å²) in [7, 11) is 1.28. The van der Waals surface area contributed by atoms with Crippen molar-refractivity contribution in [2.24, 2.45) is 0 Å². The summed E-state index contributed by atoms with van der Waals surface area (Å²) < 4.78 is 24.0. The van der Waals surface area contributed by atoms with E-state index < -0.39 is 28.9 Å². The highest BCUT2D eigenvalue weighted by Crippen LogP contribution is 2.29. The average Bonchev–Trinajstić information content (AvgIpc) is 3.03. The van der Waals surface area contributed by atoms with E-state index in [0.29, 0.717) is 0 Å². The third-order valence-electron chi connectivity index (χ3n) is 3.73. The number of non-ortho nitro benzene ring substituents is 1. The lowest BCUT2D eigenvalue weighted by Crippen LogP contribution is -2.25. The van der Waals surface area contributed by atoms with Crippen LogP contribution in [0.1, 0.15) is 0 Å². The number of halogens is 2. The molecule has 1 heterocycles. The average molecular weight is 423 g/mol. The zero-order valence-electron chi connectivity index (χ0n) is 14.7. The van der Waals surface area contributed by atoms with Crippen LogP contribution in [0.25, 0.3) is 11.5 Å². The van der Waals surface area contributed by atoms with Gasteiger partial charge in [0.2, 0.25) is 5.91 Å². The minimum atomic E-state index is -0.929. The van der Waals surface area contributed by atoms with Crippen LogP contribution in [0.2, 0.25) is 5.02 Å². The lowest BCUT2D eigenvalue weighted by Gasteiger charge is -2.07. The molecule has 10 nitrogen and oxygen atoms in total. The summed E-state index contributed by atoms with van der Waals surface area (Å²) in [5.74, 6) is -2.41. The second-order valence-corrected chi connectivity index (χ2v) is 6.06. The van der Waals surface area contributed by atoms with Crippen molar-refractivity contribution >= 4 is 28.9 Å². The van der Waals surface area contributed by atoms with Crippen LogP contribution in [0, 0.1) is 15.9 Å². The van der Waals surface area contributed by atoms with Crippen molar-refractivity contribution in [2.75, 3.05) is 12.4 Å². The van der Waals surface area contributed by atoms with E-state index in [2.05, 4.69) is 10.4 Å². The van der Waals surface area contributed by atoms with Gasteiger partial charge in [0.05, 0.1) is 22.6 Å². The Morgan fingerprint density at radius 3 is 2.79 bits per heavy atom. The van der Waals surface area contributed by atoms with Gasteiger partial charge < -0.3 is 14.5 Å². The van der Waals surface area contributed by atoms with Crippen molar-refractivity contribution in [1.82, 2.24) is 9.78 Å². The molecule has 0 aliphatic rings. The fourth-order valence-corrected chi connectivity index (χ4v) is 2.64. The largest absolute Gasteiger partial charge is 0.494 e. The maximum Gasteiger partial charge on any atom is 0.437 e. The molecule has 29 heavy (non-hydrogen) atoms. The molecule has 0 spiro atoms.